The van der Waals surface area contributed by atoms with Gasteiger partial charge in [0.25, 0.3) is 0 Å². The van der Waals surface area contributed by atoms with Crippen LogP contribution < -0.4 is 34.3 Å². The molecule has 0 bridgehead atoms. The standard InChI is InChI=1S/C21H29N3O5/c1-7-29-16-9-8-15(12-17(16)25-3)24-21(22-2)23-13-14-10-18(26-4)20(28-6)19(11-14)27-5/h8-12H,7,13H2,1-6H3,(H2,22,23,24). The molecule has 0 aliphatic heterocycles. The number of methoxy groups -OCH3 is 4. The maximum absolute atomic E-state index is 5.55. The van der Waals surface area contributed by atoms with Gasteiger partial charge in [0.2, 0.25) is 5.75 Å². The Morgan fingerprint density at radius 1 is 0.862 bits per heavy atom. The van der Waals surface area contributed by atoms with Gasteiger partial charge in [0.1, 0.15) is 0 Å². The maximum atomic E-state index is 5.55. The number of hydrogen-bond donors (Lipinski definition) is 2. The normalized spacial score (nSPS) is 10.9. The van der Waals surface area contributed by atoms with Crippen molar-refractivity contribution in [3.05, 3.63) is 35.9 Å². The summed E-state index contributed by atoms with van der Waals surface area (Å²) in [7, 11) is 8.08. The van der Waals surface area contributed by atoms with E-state index in [9.17, 15) is 0 Å². The topological polar surface area (TPSA) is 82.6 Å². The Morgan fingerprint density at radius 3 is 2.03 bits per heavy atom. The lowest BCUT2D eigenvalue weighted by atomic mass is 10.2. The van der Waals surface area contributed by atoms with Gasteiger partial charge in [-0.1, -0.05) is 0 Å². The summed E-state index contributed by atoms with van der Waals surface area (Å²) < 4.78 is 27.1. The molecule has 8 heteroatoms. The fraction of sp³-hybridized carbons (Fsp3) is 0.381. The van der Waals surface area contributed by atoms with Crippen LogP contribution in [0.2, 0.25) is 0 Å². The molecule has 2 aromatic carbocycles. The van der Waals surface area contributed by atoms with Gasteiger partial charge in [0.05, 0.1) is 35.0 Å². The van der Waals surface area contributed by atoms with E-state index in [4.69, 9.17) is 23.7 Å². The molecule has 0 saturated heterocycles. The summed E-state index contributed by atoms with van der Waals surface area (Å²) in [6.07, 6.45) is 0. The average molecular weight is 403 g/mol. The minimum atomic E-state index is 0.505. The van der Waals surface area contributed by atoms with E-state index < -0.39 is 0 Å². The van der Waals surface area contributed by atoms with Crippen LogP contribution in [0.25, 0.3) is 0 Å². The first kappa shape index (κ1) is 22.0. The molecule has 0 aliphatic carbocycles. The zero-order valence-corrected chi connectivity index (χ0v) is 17.8. The van der Waals surface area contributed by atoms with E-state index in [2.05, 4.69) is 15.6 Å². The molecule has 2 rings (SSSR count). The number of aliphatic imine (C=N–C) groups is 1. The van der Waals surface area contributed by atoms with Crippen LogP contribution in [0.4, 0.5) is 5.69 Å². The molecule has 0 unspecified atom stereocenters. The molecule has 158 valence electrons. The second kappa shape index (κ2) is 10.9. The summed E-state index contributed by atoms with van der Waals surface area (Å²) >= 11 is 0. The number of nitrogens with zero attached hydrogens (tertiary/aromatic N) is 1. The molecule has 0 fully saturated rings. The van der Waals surface area contributed by atoms with Gasteiger partial charge in [-0.2, -0.15) is 0 Å². The van der Waals surface area contributed by atoms with Gasteiger partial charge in [-0.25, -0.2) is 0 Å². The SMILES string of the molecule is CCOc1ccc(NC(=NC)NCc2cc(OC)c(OC)c(OC)c2)cc1OC. The van der Waals surface area contributed by atoms with Gasteiger partial charge in [-0.3, -0.25) is 4.99 Å². The van der Waals surface area contributed by atoms with Crippen LogP contribution in [0.15, 0.2) is 35.3 Å². The predicted molar refractivity (Wildman–Crippen MR) is 114 cm³/mol. The van der Waals surface area contributed by atoms with Crippen molar-refractivity contribution in [3.63, 3.8) is 0 Å². The highest BCUT2D eigenvalue weighted by atomic mass is 16.5. The Balaban J connectivity index is 2.12. The maximum Gasteiger partial charge on any atom is 0.203 e. The largest absolute Gasteiger partial charge is 0.493 e. The molecule has 0 atom stereocenters. The first-order valence-corrected chi connectivity index (χ1v) is 9.17. The summed E-state index contributed by atoms with van der Waals surface area (Å²) in [5.74, 6) is 3.70. The van der Waals surface area contributed by atoms with Crippen molar-refractivity contribution in [1.82, 2.24) is 5.32 Å². The molecule has 0 saturated carbocycles. The van der Waals surface area contributed by atoms with E-state index in [1.165, 1.54) is 0 Å². The fourth-order valence-corrected chi connectivity index (χ4v) is 2.76. The zero-order chi connectivity index (χ0) is 21.2. The molecule has 2 aromatic rings. The van der Waals surface area contributed by atoms with E-state index in [-0.39, 0.29) is 0 Å². The molecular formula is C21H29N3O5. The van der Waals surface area contributed by atoms with Gasteiger partial charge >= 0.3 is 0 Å². The van der Waals surface area contributed by atoms with Crippen molar-refractivity contribution < 1.29 is 23.7 Å². The molecule has 8 nitrogen and oxygen atoms in total. The Morgan fingerprint density at radius 2 is 1.52 bits per heavy atom. The van der Waals surface area contributed by atoms with Crippen LogP contribution in [0, 0.1) is 0 Å². The summed E-state index contributed by atoms with van der Waals surface area (Å²) in [6, 6.07) is 9.40. The van der Waals surface area contributed by atoms with E-state index in [0.29, 0.717) is 47.9 Å². The van der Waals surface area contributed by atoms with Gasteiger partial charge in [0.15, 0.2) is 29.0 Å². The van der Waals surface area contributed by atoms with Gasteiger partial charge in [-0.15, -0.1) is 0 Å². The molecule has 0 radical (unpaired) electrons. The molecule has 0 heterocycles. The summed E-state index contributed by atoms with van der Waals surface area (Å²) in [4.78, 5) is 4.27. The molecule has 29 heavy (non-hydrogen) atoms. The van der Waals surface area contributed by atoms with Crippen molar-refractivity contribution in [2.75, 3.05) is 47.4 Å². The average Bonchev–Trinajstić information content (AvgIpc) is 2.76. The highest BCUT2D eigenvalue weighted by molar-refractivity contribution is 5.93. The Kier molecular flexibility index (Phi) is 8.27. The van der Waals surface area contributed by atoms with Crippen molar-refractivity contribution in [2.24, 2.45) is 4.99 Å². The number of rotatable bonds is 9. The quantitative estimate of drug-likeness (QED) is 0.491. The number of guanidine groups is 1. The fourth-order valence-electron chi connectivity index (χ4n) is 2.76. The molecule has 2 N–H and O–H groups in total. The minimum Gasteiger partial charge on any atom is -0.493 e. The lowest BCUT2D eigenvalue weighted by molar-refractivity contribution is 0.311. The second-order valence-electron chi connectivity index (χ2n) is 5.88. The highest BCUT2D eigenvalue weighted by Gasteiger charge is 2.13. The third kappa shape index (κ3) is 5.60. The summed E-state index contributed by atoms with van der Waals surface area (Å²) in [5.41, 5.74) is 1.77. The van der Waals surface area contributed by atoms with Crippen molar-refractivity contribution in [2.45, 2.75) is 13.5 Å². The molecule has 0 aromatic heterocycles. The summed E-state index contributed by atoms with van der Waals surface area (Å²) in [6.45, 7) is 3.01. The lowest BCUT2D eigenvalue weighted by Crippen LogP contribution is -2.30. The van der Waals surface area contributed by atoms with E-state index in [1.807, 2.05) is 37.3 Å². The zero-order valence-electron chi connectivity index (χ0n) is 17.8. The lowest BCUT2D eigenvalue weighted by Gasteiger charge is -2.16. The third-order valence-corrected chi connectivity index (χ3v) is 4.13. The monoisotopic (exact) mass is 403 g/mol. The first-order valence-electron chi connectivity index (χ1n) is 9.17. The van der Waals surface area contributed by atoms with Crippen LogP contribution in [-0.4, -0.2) is 48.1 Å². The Hall–Kier alpha value is -3.29. The van der Waals surface area contributed by atoms with Crippen LogP contribution in [-0.2, 0) is 6.54 Å². The Bertz CT molecular complexity index is 814. The second-order valence-corrected chi connectivity index (χ2v) is 5.88. The van der Waals surface area contributed by atoms with Crippen molar-refractivity contribution >= 4 is 11.6 Å². The van der Waals surface area contributed by atoms with Gasteiger partial charge < -0.3 is 34.3 Å². The molecule has 0 aliphatic rings. The number of ether oxygens (including phenoxy) is 5. The van der Waals surface area contributed by atoms with Crippen LogP contribution in [0.3, 0.4) is 0 Å². The summed E-state index contributed by atoms with van der Waals surface area (Å²) in [5, 5.41) is 6.51. The highest BCUT2D eigenvalue weighted by Crippen LogP contribution is 2.38. The predicted octanol–water partition coefficient (Wildman–Crippen LogP) is 3.31. The molecular weight excluding hydrogens is 374 g/mol. The van der Waals surface area contributed by atoms with E-state index >= 15 is 0 Å². The van der Waals surface area contributed by atoms with Gasteiger partial charge in [-0.05, 0) is 36.8 Å². The van der Waals surface area contributed by atoms with E-state index in [0.717, 1.165) is 11.3 Å². The third-order valence-electron chi connectivity index (χ3n) is 4.13. The number of anilines is 1. The van der Waals surface area contributed by atoms with Crippen molar-refractivity contribution in [1.29, 1.82) is 0 Å². The van der Waals surface area contributed by atoms with Crippen molar-refractivity contribution in [3.8, 4) is 28.7 Å². The number of benzene rings is 2. The van der Waals surface area contributed by atoms with E-state index in [1.54, 1.807) is 35.5 Å². The Labute approximate surface area is 171 Å². The smallest absolute Gasteiger partial charge is 0.203 e. The van der Waals surface area contributed by atoms with Crippen LogP contribution >= 0.6 is 0 Å². The van der Waals surface area contributed by atoms with Crippen LogP contribution in [0.5, 0.6) is 28.7 Å². The minimum absolute atomic E-state index is 0.505. The number of nitrogens with one attached hydrogen (secondary N) is 2. The first-order chi connectivity index (χ1) is 14.1. The van der Waals surface area contributed by atoms with Gasteiger partial charge in [0, 0.05) is 25.3 Å². The van der Waals surface area contributed by atoms with Crippen LogP contribution in [0.1, 0.15) is 12.5 Å². The molecule has 0 amide bonds. The molecule has 0 spiro atoms. The number of hydrogen-bond acceptors (Lipinski definition) is 6.